The van der Waals surface area contributed by atoms with Crippen LogP contribution in [-0.2, 0) is 4.79 Å². The molecule has 0 bridgehead atoms. The number of rotatable bonds is 4. The second-order valence-electron chi connectivity index (χ2n) is 2.47. The van der Waals surface area contributed by atoms with Gasteiger partial charge in [0, 0.05) is 6.42 Å². The second kappa shape index (κ2) is 6.41. The Morgan fingerprint density at radius 3 is 2.75 bits per heavy atom. The van der Waals surface area contributed by atoms with Crippen LogP contribution < -0.4 is 5.11 Å². The van der Waals surface area contributed by atoms with E-state index in [-0.39, 0.29) is 5.57 Å². The summed E-state index contributed by atoms with van der Waals surface area (Å²) in [4.78, 5) is 13.8. The number of carbonyl (C=O) groups is 1. The highest BCUT2D eigenvalue weighted by atomic mass is 16.4. The summed E-state index contributed by atoms with van der Waals surface area (Å²) >= 11 is 0. The van der Waals surface area contributed by atoms with Gasteiger partial charge in [-0.1, -0.05) is 24.8 Å². The van der Waals surface area contributed by atoms with Crippen LogP contribution in [-0.4, -0.2) is 12.5 Å². The molecule has 0 heterocycles. The summed E-state index contributed by atoms with van der Waals surface area (Å²) in [5, 5.41) is 10.1. The van der Waals surface area contributed by atoms with Gasteiger partial charge in [-0.05, 0) is 6.42 Å². The van der Waals surface area contributed by atoms with Gasteiger partial charge in [-0.2, -0.15) is 0 Å². The first kappa shape index (κ1) is 10.7. The van der Waals surface area contributed by atoms with E-state index in [1.54, 1.807) is 0 Å². The normalized spacial score (nSPS) is 8.42. The maximum atomic E-state index is 10.1. The van der Waals surface area contributed by atoms with Crippen molar-refractivity contribution >= 4 is 5.97 Å². The Kier molecular flexibility index (Phi) is 5.72. The van der Waals surface area contributed by atoms with Gasteiger partial charge in [0.1, 0.15) is 5.57 Å². The molecule has 3 nitrogen and oxygen atoms in total. The first-order valence-corrected chi connectivity index (χ1v) is 4.01. The molecule has 12 heavy (non-hydrogen) atoms. The summed E-state index contributed by atoms with van der Waals surface area (Å²) in [6.07, 6.45) is 3.18. The van der Waals surface area contributed by atoms with E-state index < -0.39 is 5.97 Å². The number of aliphatic carboxylic acids is 1. The molecule has 0 fully saturated rings. The zero-order valence-corrected chi connectivity index (χ0v) is 7.30. The summed E-state index contributed by atoms with van der Waals surface area (Å²) in [6.45, 7) is 5.91. The smallest absolute Gasteiger partial charge is 0.312 e. The summed E-state index contributed by atoms with van der Waals surface area (Å²) in [5.41, 5.74) is -0.188. The number of carboxylic acid groups (broad SMARTS) is 1. The molecular weight excluding hydrogens is 154 g/mol. The van der Waals surface area contributed by atoms with Crippen molar-refractivity contribution in [1.29, 1.82) is 0 Å². The van der Waals surface area contributed by atoms with E-state index in [1.165, 1.54) is 0 Å². The van der Waals surface area contributed by atoms with Crippen LogP contribution in [0.4, 0.5) is 0 Å². The molecule has 0 aromatic rings. The average molecular weight is 167 g/mol. The fourth-order valence-corrected chi connectivity index (χ4v) is 0.638. The number of carboxylic acids is 1. The Hall–Kier alpha value is -1.30. The van der Waals surface area contributed by atoms with E-state index in [1.807, 2.05) is 0 Å². The average Bonchev–Trinajstić information content (AvgIpc) is 2.03. The third-order valence-electron chi connectivity index (χ3n) is 1.33. The topological polar surface area (TPSA) is 44.5 Å². The first-order valence-electron chi connectivity index (χ1n) is 4.01. The van der Waals surface area contributed by atoms with Gasteiger partial charge in [0.25, 0.3) is 6.54 Å². The molecule has 66 valence electrons. The first-order chi connectivity index (χ1) is 5.68. The summed E-state index contributed by atoms with van der Waals surface area (Å²) < 4.78 is 0. The quantitative estimate of drug-likeness (QED) is 0.353. The van der Waals surface area contributed by atoms with Crippen LogP contribution in [0.15, 0.2) is 12.2 Å². The molecule has 0 aromatic heterocycles. The van der Waals surface area contributed by atoms with Gasteiger partial charge in [0.15, 0.2) is 0 Å². The number of hydrogen-bond acceptors (Lipinski definition) is 2. The molecule has 0 amide bonds. The van der Waals surface area contributed by atoms with Crippen LogP contribution in [0, 0.1) is 6.07 Å². The molecule has 0 saturated heterocycles. The molecule has 0 unspecified atom stereocenters. The van der Waals surface area contributed by atoms with E-state index in [2.05, 4.69) is 24.4 Å². The van der Waals surface area contributed by atoms with Crippen LogP contribution in [0.2, 0.25) is 0 Å². The SMILES string of the molecule is C=C(C#[N+]CCCCC)C(=O)[O-]. The van der Waals surface area contributed by atoms with Crippen molar-refractivity contribution < 1.29 is 9.90 Å². The van der Waals surface area contributed by atoms with Crippen molar-refractivity contribution in [3.63, 3.8) is 0 Å². The molecule has 0 aliphatic heterocycles. The molecule has 0 rings (SSSR count). The van der Waals surface area contributed by atoms with Crippen molar-refractivity contribution in [2.75, 3.05) is 6.54 Å². The largest absolute Gasteiger partial charge is 0.544 e. The number of nitrogens with zero attached hydrogens (tertiary/aromatic N) is 1. The molecule has 0 radical (unpaired) electrons. The van der Waals surface area contributed by atoms with Gasteiger partial charge in [0.2, 0.25) is 0 Å². The predicted molar refractivity (Wildman–Crippen MR) is 45.8 cm³/mol. The molecule has 0 N–H and O–H groups in total. The van der Waals surface area contributed by atoms with E-state index >= 15 is 0 Å². The molecule has 0 aliphatic rings. The van der Waals surface area contributed by atoms with E-state index in [0.717, 1.165) is 19.3 Å². The Labute approximate surface area is 72.5 Å². The van der Waals surface area contributed by atoms with Gasteiger partial charge >= 0.3 is 6.07 Å². The molecule has 0 aliphatic carbocycles. The second-order valence-corrected chi connectivity index (χ2v) is 2.47. The Balaban J connectivity index is 3.59. The third-order valence-corrected chi connectivity index (χ3v) is 1.33. The summed E-state index contributed by atoms with van der Waals surface area (Å²) in [5.74, 6) is -1.31. The van der Waals surface area contributed by atoms with Crippen molar-refractivity contribution in [3.8, 4) is 6.07 Å². The minimum absolute atomic E-state index is 0.188. The van der Waals surface area contributed by atoms with Crippen LogP contribution in [0.3, 0.4) is 0 Å². The lowest BCUT2D eigenvalue weighted by Gasteiger charge is -1.88. The fourth-order valence-electron chi connectivity index (χ4n) is 0.638. The molecule has 0 aromatic carbocycles. The highest BCUT2D eigenvalue weighted by Crippen LogP contribution is 1.94. The maximum absolute atomic E-state index is 10.1. The van der Waals surface area contributed by atoms with Gasteiger partial charge < -0.3 is 9.90 Å². The van der Waals surface area contributed by atoms with Gasteiger partial charge in [-0.15, -0.1) is 0 Å². The van der Waals surface area contributed by atoms with Crippen molar-refractivity contribution in [2.24, 2.45) is 0 Å². The van der Waals surface area contributed by atoms with Gasteiger partial charge in [0.05, 0.1) is 5.97 Å². The minimum Gasteiger partial charge on any atom is -0.544 e. The van der Waals surface area contributed by atoms with Crippen molar-refractivity contribution in [1.82, 2.24) is 0 Å². The highest BCUT2D eigenvalue weighted by molar-refractivity contribution is 5.88. The Morgan fingerprint density at radius 1 is 1.58 bits per heavy atom. The zero-order chi connectivity index (χ0) is 9.40. The van der Waals surface area contributed by atoms with Crippen molar-refractivity contribution in [2.45, 2.75) is 26.2 Å². The van der Waals surface area contributed by atoms with Gasteiger partial charge in [-0.25, -0.2) is 0 Å². The van der Waals surface area contributed by atoms with E-state index in [0.29, 0.717) is 6.54 Å². The van der Waals surface area contributed by atoms with Gasteiger partial charge in [-0.3, -0.25) is 0 Å². The van der Waals surface area contributed by atoms with Crippen LogP contribution in [0.1, 0.15) is 26.2 Å². The van der Waals surface area contributed by atoms with Crippen LogP contribution >= 0.6 is 0 Å². The predicted octanol–water partition coefficient (Wildman–Crippen LogP) is 0.816. The molecule has 0 saturated carbocycles. The summed E-state index contributed by atoms with van der Waals surface area (Å²) in [6, 6.07) is 2.31. The molecule has 0 spiro atoms. The maximum Gasteiger partial charge on any atom is 0.312 e. The number of carbonyl (C=O) groups excluding carboxylic acids is 1. The third kappa shape index (κ3) is 5.48. The van der Waals surface area contributed by atoms with E-state index in [4.69, 9.17) is 0 Å². The number of unbranched alkanes of at least 4 members (excludes halogenated alkanes) is 2. The lowest BCUT2D eigenvalue weighted by Crippen LogP contribution is -2.22. The zero-order valence-electron chi connectivity index (χ0n) is 7.30. The lowest BCUT2D eigenvalue weighted by atomic mass is 10.2. The molecular formula is C9H13NO2. The standard InChI is InChI=1S/C9H13NO2/c1-3-4-5-6-10-7-8(2)9(11)12/h2-6H2,1H3. The number of hydrogen-bond donors (Lipinski definition) is 0. The Morgan fingerprint density at radius 2 is 2.25 bits per heavy atom. The minimum atomic E-state index is -1.31. The molecule has 0 atom stereocenters. The van der Waals surface area contributed by atoms with Crippen LogP contribution in [0.5, 0.6) is 0 Å². The van der Waals surface area contributed by atoms with E-state index in [9.17, 15) is 9.90 Å². The Bertz CT molecular complexity index is 222. The lowest BCUT2D eigenvalue weighted by molar-refractivity contribution is -0.298. The van der Waals surface area contributed by atoms with Crippen molar-refractivity contribution in [3.05, 3.63) is 17.0 Å². The highest BCUT2D eigenvalue weighted by Gasteiger charge is 1.96. The van der Waals surface area contributed by atoms with Crippen LogP contribution in [0.25, 0.3) is 4.85 Å². The monoisotopic (exact) mass is 167 g/mol. The summed E-state index contributed by atoms with van der Waals surface area (Å²) in [7, 11) is 0. The fraction of sp³-hybridized carbons (Fsp3) is 0.556. The molecule has 3 heteroatoms.